The zero-order chi connectivity index (χ0) is 24.4. The van der Waals surface area contributed by atoms with Gasteiger partial charge in [0.15, 0.2) is 0 Å². The fourth-order valence-corrected chi connectivity index (χ4v) is 4.42. The van der Waals surface area contributed by atoms with E-state index in [1.54, 1.807) is 0 Å². The maximum Gasteiger partial charge on any atom is 0.231 e. The van der Waals surface area contributed by atoms with Gasteiger partial charge in [-0.1, -0.05) is 73.4 Å². The number of hydrogen-bond donors (Lipinski definition) is 0. The van der Waals surface area contributed by atoms with E-state index in [9.17, 15) is 4.79 Å². The Balaban J connectivity index is 1.93. The highest BCUT2D eigenvalue weighted by atomic mass is 35.5. The molecule has 1 amide bonds. The molecule has 0 saturated carbocycles. The van der Waals surface area contributed by atoms with Gasteiger partial charge in [0.1, 0.15) is 17.6 Å². The van der Waals surface area contributed by atoms with Gasteiger partial charge in [0.05, 0.1) is 17.7 Å². The molecule has 34 heavy (non-hydrogen) atoms. The normalized spacial score (nSPS) is 17.9. The summed E-state index contributed by atoms with van der Waals surface area (Å²) in [5, 5.41) is 1.29. The molecule has 0 aliphatic carbocycles. The van der Waals surface area contributed by atoms with Gasteiger partial charge in [0.2, 0.25) is 5.91 Å². The van der Waals surface area contributed by atoms with E-state index in [1.165, 1.54) is 0 Å². The van der Waals surface area contributed by atoms with Crippen molar-refractivity contribution in [1.29, 1.82) is 0 Å². The number of carbonyl (C=O) groups is 1. The SMILES string of the molecule is CC(C)Oc1ccccc1C1=N[C@H](c2ccc(Cl)cc2)[C@H](c2ccc(Cl)cc2)N1C(=O)C(C)C. The third kappa shape index (κ3) is 4.98. The molecule has 3 aromatic rings. The fraction of sp³-hybridized carbons (Fsp3) is 0.286. The second-order valence-electron chi connectivity index (χ2n) is 8.97. The predicted molar refractivity (Wildman–Crippen MR) is 139 cm³/mol. The summed E-state index contributed by atoms with van der Waals surface area (Å²) in [6.07, 6.45) is -0.0171. The van der Waals surface area contributed by atoms with E-state index in [4.69, 9.17) is 32.9 Å². The number of aliphatic imine (C=N–C) groups is 1. The van der Waals surface area contributed by atoms with Gasteiger partial charge in [-0.25, -0.2) is 0 Å². The summed E-state index contributed by atoms with van der Waals surface area (Å²) in [7, 11) is 0. The minimum atomic E-state index is -0.338. The highest BCUT2D eigenvalue weighted by Crippen LogP contribution is 2.45. The van der Waals surface area contributed by atoms with Crippen LogP contribution in [0.2, 0.25) is 10.0 Å². The highest BCUT2D eigenvalue weighted by Gasteiger charge is 2.43. The van der Waals surface area contributed by atoms with Crippen LogP contribution in [0.1, 0.15) is 56.5 Å². The summed E-state index contributed by atoms with van der Waals surface area (Å²) in [5.41, 5.74) is 2.73. The van der Waals surface area contributed by atoms with Crippen molar-refractivity contribution in [3.05, 3.63) is 99.5 Å². The maximum atomic E-state index is 13.7. The lowest BCUT2D eigenvalue weighted by Crippen LogP contribution is -2.40. The van der Waals surface area contributed by atoms with Gasteiger partial charge in [0.25, 0.3) is 0 Å². The summed E-state index contributed by atoms with van der Waals surface area (Å²) in [6.45, 7) is 7.78. The van der Waals surface area contributed by atoms with Gasteiger partial charge in [-0.3, -0.25) is 14.7 Å². The Hall–Kier alpha value is -2.82. The van der Waals surface area contributed by atoms with E-state index in [1.807, 2.05) is 105 Å². The Labute approximate surface area is 211 Å². The van der Waals surface area contributed by atoms with Crippen molar-refractivity contribution in [2.45, 2.75) is 45.9 Å². The fourth-order valence-electron chi connectivity index (χ4n) is 4.17. The van der Waals surface area contributed by atoms with Crippen LogP contribution in [-0.4, -0.2) is 22.7 Å². The van der Waals surface area contributed by atoms with Crippen molar-refractivity contribution in [1.82, 2.24) is 4.90 Å². The quantitative estimate of drug-likeness (QED) is 0.355. The highest BCUT2D eigenvalue weighted by molar-refractivity contribution is 6.30. The van der Waals surface area contributed by atoms with E-state index in [2.05, 4.69) is 0 Å². The molecule has 1 aliphatic rings. The molecule has 0 unspecified atom stereocenters. The molecular formula is C28H28Cl2N2O2. The molecule has 4 rings (SSSR count). The van der Waals surface area contributed by atoms with Gasteiger partial charge in [-0.05, 0) is 61.4 Å². The van der Waals surface area contributed by atoms with Gasteiger partial charge < -0.3 is 4.74 Å². The van der Waals surface area contributed by atoms with Gasteiger partial charge >= 0.3 is 0 Å². The minimum Gasteiger partial charge on any atom is -0.490 e. The summed E-state index contributed by atoms with van der Waals surface area (Å²) in [5.74, 6) is 1.08. The first-order chi connectivity index (χ1) is 16.3. The predicted octanol–water partition coefficient (Wildman–Crippen LogP) is 7.51. The summed E-state index contributed by atoms with van der Waals surface area (Å²) in [6, 6.07) is 22.4. The molecule has 1 aliphatic heterocycles. The van der Waals surface area contributed by atoms with Gasteiger partial charge in [-0.2, -0.15) is 0 Å². The first kappa shape index (κ1) is 24.3. The third-order valence-electron chi connectivity index (χ3n) is 5.71. The lowest BCUT2D eigenvalue weighted by molar-refractivity contribution is -0.132. The lowest BCUT2D eigenvalue weighted by Gasteiger charge is -2.31. The van der Waals surface area contributed by atoms with Crippen molar-refractivity contribution in [2.75, 3.05) is 0 Å². The topological polar surface area (TPSA) is 41.9 Å². The van der Waals surface area contributed by atoms with Crippen LogP contribution >= 0.6 is 23.2 Å². The van der Waals surface area contributed by atoms with Crippen LogP contribution in [-0.2, 0) is 4.79 Å². The number of rotatable bonds is 6. The van der Waals surface area contributed by atoms with Crippen molar-refractivity contribution in [2.24, 2.45) is 10.9 Å². The molecule has 0 spiro atoms. The Morgan fingerprint density at radius 3 is 1.97 bits per heavy atom. The summed E-state index contributed by atoms with van der Waals surface area (Å²) >= 11 is 12.4. The molecule has 2 atom stereocenters. The molecule has 0 bridgehead atoms. The zero-order valence-electron chi connectivity index (χ0n) is 19.7. The number of ether oxygens (including phenoxy) is 1. The molecular weight excluding hydrogens is 467 g/mol. The largest absolute Gasteiger partial charge is 0.490 e. The molecule has 0 radical (unpaired) electrons. The van der Waals surface area contributed by atoms with Crippen LogP contribution in [0.15, 0.2) is 77.8 Å². The van der Waals surface area contributed by atoms with Crippen molar-refractivity contribution in [3.63, 3.8) is 0 Å². The number of nitrogens with zero attached hydrogens (tertiary/aromatic N) is 2. The molecule has 176 valence electrons. The second-order valence-corrected chi connectivity index (χ2v) is 9.84. The van der Waals surface area contributed by atoms with E-state index in [0.717, 1.165) is 16.7 Å². The Morgan fingerprint density at radius 2 is 1.41 bits per heavy atom. The van der Waals surface area contributed by atoms with Gasteiger partial charge in [-0.15, -0.1) is 0 Å². The average Bonchev–Trinajstić information content (AvgIpc) is 3.19. The molecule has 0 aromatic heterocycles. The Bertz CT molecular complexity index is 1190. The van der Waals surface area contributed by atoms with Crippen LogP contribution < -0.4 is 4.74 Å². The molecule has 4 nitrogen and oxygen atoms in total. The van der Waals surface area contributed by atoms with Crippen molar-refractivity contribution in [3.8, 4) is 5.75 Å². The van der Waals surface area contributed by atoms with E-state index < -0.39 is 0 Å². The molecule has 1 heterocycles. The van der Waals surface area contributed by atoms with Gasteiger partial charge in [0, 0.05) is 16.0 Å². The summed E-state index contributed by atoms with van der Waals surface area (Å²) < 4.78 is 6.11. The number of benzene rings is 3. The van der Waals surface area contributed by atoms with E-state index >= 15 is 0 Å². The second kappa shape index (κ2) is 10.2. The van der Waals surface area contributed by atoms with E-state index in [0.29, 0.717) is 21.6 Å². The smallest absolute Gasteiger partial charge is 0.231 e. The van der Waals surface area contributed by atoms with Crippen LogP contribution in [0.25, 0.3) is 0 Å². The molecule has 0 fully saturated rings. The number of amides is 1. The molecule has 0 saturated heterocycles. The Kier molecular flexibility index (Phi) is 7.30. The minimum absolute atomic E-state index is 0.00508. The maximum absolute atomic E-state index is 13.7. The number of amidine groups is 1. The van der Waals surface area contributed by atoms with E-state index in [-0.39, 0.29) is 30.0 Å². The first-order valence-electron chi connectivity index (χ1n) is 11.4. The van der Waals surface area contributed by atoms with Crippen LogP contribution in [0.3, 0.4) is 0 Å². The summed E-state index contributed by atoms with van der Waals surface area (Å²) in [4.78, 5) is 20.7. The average molecular weight is 495 g/mol. The monoisotopic (exact) mass is 494 g/mol. The molecule has 6 heteroatoms. The molecule has 3 aromatic carbocycles. The zero-order valence-corrected chi connectivity index (χ0v) is 21.2. The standard InChI is InChI=1S/C28H28Cl2N2O2/c1-17(2)28(33)32-26(20-11-15-22(30)16-12-20)25(19-9-13-21(29)14-10-19)31-27(32)23-7-5-6-8-24(23)34-18(3)4/h5-18,25-26H,1-4H3/t25-,26+/m1/s1. The lowest BCUT2D eigenvalue weighted by atomic mass is 9.93. The Morgan fingerprint density at radius 1 is 0.853 bits per heavy atom. The molecule has 0 N–H and O–H groups in total. The number of carbonyl (C=O) groups excluding carboxylic acids is 1. The third-order valence-corrected chi connectivity index (χ3v) is 6.22. The van der Waals surface area contributed by atoms with Crippen molar-refractivity contribution < 1.29 is 9.53 Å². The van der Waals surface area contributed by atoms with Crippen LogP contribution in [0, 0.1) is 5.92 Å². The number of hydrogen-bond acceptors (Lipinski definition) is 3. The number of para-hydroxylation sites is 1. The van der Waals surface area contributed by atoms with Crippen LogP contribution in [0.5, 0.6) is 5.75 Å². The van der Waals surface area contributed by atoms with Crippen LogP contribution in [0.4, 0.5) is 0 Å². The van der Waals surface area contributed by atoms with Crippen molar-refractivity contribution >= 4 is 34.9 Å². The first-order valence-corrected chi connectivity index (χ1v) is 12.2. The number of halogens is 2.